The summed E-state index contributed by atoms with van der Waals surface area (Å²) in [5, 5.41) is 2.58. The van der Waals surface area contributed by atoms with E-state index < -0.39 is 0 Å². The predicted molar refractivity (Wildman–Crippen MR) is 53.6 cm³/mol. The van der Waals surface area contributed by atoms with Crippen molar-refractivity contribution in [3.63, 3.8) is 0 Å². The zero-order valence-electron chi connectivity index (χ0n) is 9.04. The molecule has 0 spiro atoms. The molecule has 0 saturated heterocycles. The molecule has 4 nitrogen and oxygen atoms in total. The quantitative estimate of drug-likeness (QED) is 0.703. The highest BCUT2D eigenvalue weighted by Gasteiger charge is 2.32. The van der Waals surface area contributed by atoms with E-state index in [0.29, 0.717) is 6.54 Å². The van der Waals surface area contributed by atoms with Crippen LogP contribution in [0.25, 0.3) is 0 Å². The summed E-state index contributed by atoms with van der Waals surface area (Å²) in [5.74, 6) is 0.269. The Morgan fingerprint density at radius 3 is 2.50 bits per heavy atom. The van der Waals surface area contributed by atoms with Gasteiger partial charge in [0.15, 0.2) is 0 Å². The van der Waals surface area contributed by atoms with Crippen molar-refractivity contribution in [2.24, 2.45) is 11.8 Å². The minimum Gasteiger partial charge on any atom is -0.359 e. The molecule has 14 heavy (non-hydrogen) atoms. The summed E-state index contributed by atoms with van der Waals surface area (Å²) in [6.07, 6.45) is 2.02. The Bertz CT molecular complexity index is 236. The first-order chi connectivity index (χ1) is 6.56. The van der Waals surface area contributed by atoms with E-state index >= 15 is 0 Å². The molecule has 2 amide bonds. The summed E-state index contributed by atoms with van der Waals surface area (Å²) >= 11 is 0. The molecule has 0 heterocycles. The van der Waals surface area contributed by atoms with Crippen LogP contribution in [0.4, 0.5) is 0 Å². The SMILES string of the molecule is CNC(=O)C(C)CN(C)C(=O)C1CC1. The molecule has 0 radical (unpaired) electrons. The highest BCUT2D eigenvalue weighted by Crippen LogP contribution is 2.30. The molecule has 0 bridgehead atoms. The molecule has 1 fully saturated rings. The second-order valence-corrected chi connectivity index (χ2v) is 4.01. The van der Waals surface area contributed by atoms with Gasteiger partial charge in [0.05, 0.1) is 5.92 Å². The van der Waals surface area contributed by atoms with Crippen LogP contribution in [0.1, 0.15) is 19.8 Å². The molecule has 1 aliphatic carbocycles. The van der Waals surface area contributed by atoms with Gasteiger partial charge in [0.1, 0.15) is 0 Å². The van der Waals surface area contributed by atoms with Crippen LogP contribution in [0, 0.1) is 11.8 Å². The summed E-state index contributed by atoms with van der Waals surface area (Å²) in [7, 11) is 3.38. The van der Waals surface area contributed by atoms with Gasteiger partial charge in [-0.15, -0.1) is 0 Å². The fraction of sp³-hybridized carbons (Fsp3) is 0.800. The van der Waals surface area contributed by atoms with Crippen molar-refractivity contribution in [3.8, 4) is 0 Å². The van der Waals surface area contributed by atoms with E-state index in [2.05, 4.69) is 5.32 Å². The van der Waals surface area contributed by atoms with Gasteiger partial charge in [-0.25, -0.2) is 0 Å². The molecule has 0 aromatic heterocycles. The molecular weight excluding hydrogens is 180 g/mol. The highest BCUT2D eigenvalue weighted by atomic mass is 16.2. The average molecular weight is 198 g/mol. The minimum atomic E-state index is -0.132. The Balaban J connectivity index is 2.34. The average Bonchev–Trinajstić information content (AvgIpc) is 2.98. The second-order valence-electron chi connectivity index (χ2n) is 4.01. The molecule has 4 heteroatoms. The van der Waals surface area contributed by atoms with Crippen LogP contribution in [-0.2, 0) is 9.59 Å². The summed E-state index contributed by atoms with van der Waals surface area (Å²) in [6.45, 7) is 2.34. The van der Waals surface area contributed by atoms with Crippen LogP contribution in [0.15, 0.2) is 0 Å². The molecule has 0 aromatic carbocycles. The molecule has 1 atom stereocenters. The first-order valence-electron chi connectivity index (χ1n) is 5.02. The molecule has 80 valence electrons. The zero-order chi connectivity index (χ0) is 10.7. The third-order valence-electron chi connectivity index (χ3n) is 2.54. The first-order valence-corrected chi connectivity index (χ1v) is 5.02. The van der Waals surface area contributed by atoms with E-state index in [-0.39, 0.29) is 23.7 Å². The van der Waals surface area contributed by atoms with Crippen molar-refractivity contribution in [2.75, 3.05) is 20.6 Å². The largest absolute Gasteiger partial charge is 0.359 e. The van der Waals surface area contributed by atoms with E-state index in [1.807, 2.05) is 6.92 Å². The number of rotatable bonds is 4. The Morgan fingerprint density at radius 1 is 1.50 bits per heavy atom. The van der Waals surface area contributed by atoms with Crippen molar-refractivity contribution < 1.29 is 9.59 Å². The van der Waals surface area contributed by atoms with Gasteiger partial charge in [0, 0.05) is 26.6 Å². The minimum absolute atomic E-state index is 0.0135. The number of carbonyl (C=O) groups excluding carboxylic acids is 2. The summed E-state index contributed by atoms with van der Waals surface area (Å²) < 4.78 is 0. The lowest BCUT2D eigenvalue weighted by atomic mass is 10.1. The Kier molecular flexibility index (Phi) is 3.49. The van der Waals surface area contributed by atoms with Crippen molar-refractivity contribution in [1.29, 1.82) is 0 Å². The van der Waals surface area contributed by atoms with E-state index in [4.69, 9.17) is 0 Å². The lowest BCUT2D eigenvalue weighted by Crippen LogP contribution is -2.37. The fourth-order valence-corrected chi connectivity index (χ4v) is 1.47. The maximum Gasteiger partial charge on any atom is 0.225 e. The Morgan fingerprint density at radius 2 is 2.07 bits per heavy atom. The number of nitrogens with zero attached hydrogens (tertiary/aromatic N) is 1. The van der Waals surface area contributed by atoms with Crippen molar-refractivity contribution in [1.82, 2.24) is 10.2 Å². The third-order valence-corrected chi connectivity index (χ3v) is 2.54. The molecule has 1 N–H and O–H groups in total. The highest BCUT2D eigenvalue weighted by molar-refractivity contribution is 5.82. The monoisotopic (exact) mass is 198 g/mol. The summed E-state index contributed by atoms with van der Waals surface area (Å²) in [6, 6.07) is 0. The van der Waals surface area contributed by atoms with Crippen molar-refractivity contribution >= 4 is 11.8 Å². The number of nitrogens with one attached hydrogen (secondary N) is 1. The van der Waals surface area contributed by atoms with Gasteiger partial charge in [-0.1, -0.05) is 6.92 Å². The molecule has 1 aliphatic rings. The van der Waals surface area contributed by atoms with Crippen LogP contribution in [0.3, 0.4) is 0 Å². The number of hydrogen-bond donors (Lipinski definition) is 1. The van der Waals surface area contributed by atoms with Gasteiger partial charge in [-0.05, 0) is 12.8 Å². The lowest BCUT2D eigenvalue weighted by molar-refractivity contribution is -0.133. The third kappa shape index (κ3) is 2.72. The maximum absolute atomic E-state index is 11.5. The number of hydrogen-bond acceptors (Lipinski definition) is 2. The van der Waals surface area contributed by atoms with Gasteiger partial charge in [0.25, 0.3) is 0 Å². The molecule has 0 aliphatic heterocycles. The Labute approximate surface area is 84.7 Å². The van der Waals surface area contributed by atoms with Crippen LogP contribution >= 0.6 is 0 Å². The Hall–Kier alpha value is -1.06. The normalized spacial score (nSPS) is 17.4. The van der Waals surface area contributed by atoms with E-state index in [1.54, 1.807) is 19.0 Å². The summed E-state index contributed by atoms with van der Waals surface area (Å²) in [4.78, 5) is 24.4. The van der Waals surface area contributed by atoms with Gasteiger partial charge < -0.3 is 10.2 Å². The smallest absolute Gasteiger partial charge is 0.225 e. The molecular formula is C10H18N2O2. The van der Waals surface area contributed by atoms with Crippen molar-refractivity contribution in [3.05, 3.63) is 0 Å². The maximum atomic E-state index is 11.5. The fourth-order valence-electron chi connectivity index (χ4n) is 1.47. The molecule has 0 aromatic rings. The van der Waals surface area contributed by atoms with Crippen molar-refractivity contribution in [2.45, 2.75) is 19.8 Å². The molecule has 1 rings (SSSR count). The molecule has 1 unspecified atom stereocenters. The predicted octanol–water partition coefficient (Wildman–Crippen LogP) is 0.237. The van der Waals surface area contributed by atoms with Gasteiger partial charge in [-0.2, -0.15) is 0 Å². The van der Waals surface area contributed by atoms with Gasteiger partial charge >= 0.3 is 0 Å². The topological polar surface area (TPSA) is 49.4 Å². The van der Waals surface area contributed by atoms with Crippen LogP contribution < -0.4 is 5.32 Å². The van der Waals surface area contributed by atoms with E-state index in [1.165, 1.54) is 0 Å². The van der Waals surface area contributed by atoms with Crippen LogP contribution in [0.5, 0.6) is 0 Å². The van der Waals surface area contributed by atoms with Crippen LogP contribution in [-0.4, -0.2) is 37.4 Å². The number of carbonyl (C=O) groups is 2. The van der Waals surface area contributed by atoms with E-state index in [9.17, 15) is 9.59 Å². The number of amides is 2. The first kappa shape index (κ1) is 11.0. The second kappa shape index (κ2) is 4.44. The van der Waals surface area contributed by atoms with Gasteiger partial charge in [0.2, 0.25) is 11.8 Å². The van der Waals surface area contributed by atoms with Crippen LogP contribution in [0.2, 0.25) is 0 Å². The lowest BCUT2D eigenvalue weighted by Gasteiger charge is -2.20. The zero-order valence-corrected chi connectivity index (χ0v) is 9.04. The van der Waals surface area contributed by atoms with Gasteiger partial charge in [-0.3, -0.25) is 9.59 Å². The van der Waals surface area contributed by atoms with E-state index in [0.717, 1.165) is 12.8 Å². The summed E-state index contributed by atoms with van der Waals surface area (Å²) in [5.41, 5.74) is 0. The molecule has 1 saturated carbocycles. The standard InChI is InChI=1S/C10H18N2O2/c1-7(9(13)11-2)6-12(3)10(14)8-4-5-8/h7-8H,4-6H2,1-3H3,(H,11,13).